The number of nitrogens with zero attached hydrogens (tertiary/aromatic N) is 2. The zero-order valence-electron chi connectivity index (χ0n) is 10.8. The third kappa shape index (κ3) is 4.72. The number of thiazole rings is 1. The lowest BCUT2D eigenvalue weighted by atomic mass is 10.2. The highest BCUT2D eigenvalue weighted by molar-refractivity contribution is 7.09. The van der Waals surface area contributed by atoms with Crippen LogP contribution in [0.4, 0.5) is 0 Å². The van der Waals surface area contributed by atoms with Crippen molar-refractivity contribution in [2.75, 3.05) is 0 Å². The molecular formula is C12H16Cl2N4OS. The van der Waals surface area contributed by atoms with Crippen molar-refractivity contribution < 1.29 is 4.79 Å². The third-order valence-electron chi connectivity index (χ3n) is 2.49. The highest BCUT2D eigenvalue weighted by Crippen LogP contribution is 2.09. The van der Waals surface area contributed by atoms with Gasteiger partial charge < -0.3 is 11.1 Å². The van der Waals surface area contributed by atoms with Crippen molar-refractivity contribution in [3.05, 3.63) is 45.7 Å². The van der Waals surface area contributed by atoms with E-state index in [1.54, 1.807) is 11.6 Å². The zero-order valence-corrected chi connectivity index (χ0v) is 13.3. The maximum atomic E-state index is 11.8. The average Bonchev–Trinajstić information content (AvgIpc) is 2.86. The minimum Gasteiger partial charge on any atom is -0.345 e. The van der Waals surface area contributed by atoms with Gasteiger partial charge >= 0.3 is 0 Å². The van der Waals surface area contributed by atoms with E-state index in [4.69, 9.17) is 5.73 Å². The molecular weight excluding hydrogens is 319 g/mol. The second-order valence-electron chi connectivity index (χ2n) is 3.78. The van der Waals surface area contributed by atoms with Crippen molar-refractivity contribution in [3.63, 3.8) is 0 Å². The predicted octanol–water partition coefficient (Wildman–Crippen LogP) is 2.08. The van der Waals surface area contributed by atoms with Crippen molar-refractivity contribution >= 4 is 42.1 Å². The Hall–Kier alpha value is -1.21. The van der Waals surface area contributed by atoms with Gasteiger partial charge in [-0.3, -0.25) is 9.78 Å². The summed E-state index contributed by atoms with van der Waals surface area (Å²) in [7, 11) is 0. The van der Waals surface area contributed by atoms with Crippen LogP contribution >= 0.6 is 36.2 Å². The fourth-order valence-electron chi connectivity index (χ4n) is 1.47. The third-order valence-corrected chi connectivity index (χ3v) is 3.36. The summed E-state index contributed by atoms with van der Waals surface area (Å²) in [5.74, 6) is -0.198. The number of halogens is 2. The van der Waals surface area contributed by atoms with Gasteiger partial charge in [-0.05, 0) is 18.6 Å². The second-order valence-corrected chi connectivity index (χ2v) is 4.72. The van der Waals surface area contributed by atoms with Gasteiger partial charge in [0.25, 0.3) is 5.91 Å². The number of aryl methyl sites for hydroxylation is 1. The molecule has 0 aliphatic carbocycles. The highest BCUT2D eigenvalue weighted by atomic mass is 35.5. The van der Waals surface area contributed by atoms with E-state index >= 15 is 0 Å². The molecule has 0 radical (unpaired) electrons. The van der Waals surface area contributed by atoms with Crippen molar-refractivity contribution in [2.24, 2.45) is 5.73 Å². The van der Waals surface area contributed by atoms with Gasteiger partial charge in [0, 0.05) is 18.1 Å². The summed E-state index contributed by atoms with van der Waals surface area (Å²) in [5.41, 5.74) is 7.78. The Bertz CT molecular complexity index is 562. The summed E-state index contributed by atoms with van der Waals surface area (Å²) in [6.45, 7) is 2.72. The molecule has 2 aromatic rings. The van der Waals surface area contributed by atoms with E-state index in [9.17, 15) is 4.79 Å². The van der Waals surface area contributed by atoms with Crippen LogP contribution in [0.5, 0.6) is 0 Å². The zero-order chi connectivity index (χ0) is 13.0. The summed E-state index contributed by atoms with van der Waals surface area (Å²) < 4.78 is 0. The molecule has 5 nitrogen and oxygen atoms in total. The van der Waals surface area contributed by atoms with Gasteiger partial charge in [0.1, 0.15) is 10.7 Å². The molecule has 0 saturated heterocycles. The van der Waals surface area contributed by atoms with Crippen LogP contribution in [0.3, 0.4) is 0 Å². The topological polar surface area (TPSA) is 80.9 Å². The van der Waals surface area contributed by atoms with Crippen molar-refractivity contribution in [1.82, 2.24) is 15.3 Å². The van der Waals surface area contributed by atoms with Gasteiger partial charge in [0.15, 0.2) is 0 Å². The number of carbonyl (C=O) groups is 1. The van der Waals surface area contributed by atoms with E-state index in [0.717, 1.165) is 16.3 Å². The van der Waals surface area contributed by atoms with Crippen molar-refractivity contribution in [2.45, 2.75) is 20.0 Å². The predicted molar refractivity (Wildman–Crippen MR) is 84.6 cm³/mol. The quantitative estimate of drug-likeness (QED) is 0.896. The summed E-state index contributed by atoms with van der Waals surface area (Å²) in [6.07, 6.45) is 1.71. The van der Waals surface area contributed by atoms with Crippen LogP contribution in [0, 0.1) is 6.92 Å². The van der Waals surface area contributed by atoms with Crippen LogP contribution in [0.2, 0.25) is 0 Å². The minimum atomic E-state index is -0.198. The first-order chi connectivity index (χ1) is 8.70. The smallest absolute Gasteiger partial charge is 0.271 e. The van der Waals surface area contributed by atoms with E-state index < -0.39 is 0 Å². The first-order valence-corrected chi connectivity index (χ1v) is 6.42. The number of hydrogen-bond acceptors (Lipinski definition) is 5. The number of amides is 1. The van der Waals surface area contributed by atoms with Crippen molar-refractivity contribution in [3.8, 4) is 0 Å². The van der Waals surface area contributed by atoms with E-state index in [0.29, 0.717) is 18.8 Å². The number of nitrogens with two attached hydrogens (primary N) is 1. The molecule has 0 spiro atoms. The molecule has 2 aromatic heterocycles. The van der Waals surface area contributed by atoms with E-state index in [2.05, 4.69) is 15.3 Å². The lowest BCUT2D eigenvalue weighted by Crippen LogP contribution is -2.24. The molecule has 20 heavy (non-hydrogen) atoms. The van der Waals surface area contributed by atoms with Crippen LogP contribution in [0.25, 0.3) is 0 Å². The lowest BCUT2D eigenvalue weighted by molar-refractivity contribution is 0.0946. The number of nitrogens with one attached hydrogen (secondary N) is 1. The number of pyridine rings is 1. The molecule has 0 fully saturated rings. The Balaban J connectivity index is 0.00000180. The number of carbonyl (C=O) groups excluding carboxylic acids is 1. The maximum Gasteiger partial charge on any atom is 0.271 e. The van der Waals surface area contributed by atoms with Crippen LogP contribution < -0.4 is 11.1 Å². The fourth-order valence-corrected chi connectivity index (χ4v) is 2.12. The summed E-state index contributed by atoms with van der Waals surface area (Å²) in [4.78, 5) is 20.2. The first kappa shape index (κ1) is 18.8. The number of rotatable bonds is 4. The molecule has 1 amide bonds. The SMILES string of the molecule is Cc1cccnc1CNC(=O)c1csc(CN)n1.Cl.Cl. The Morgan fingerprint density at radius 2 is 2.20 bits per heavy atom. The lowest BCUT2D eigenvalue weighted by Gasteiger charge is -2.05. The fraction of sp³-hybridized carbons (Fsp3) is 0.250. The van der Waals surface area contributed by atoms with Crippen LogP contribution in [0.1, 0.15) is 26.8 Å². The van der Waals surface area contributed by atoms with Gasteiger partial charge in [-0.25, -0.2) is 4.98 Å². The second kappa shape index (κ2) is 8.86. The Morgan fingerprint density at radius 1 is 1.45 bits per heavy atom. The van der Waals surface area contributed by atoms with Gasteiger partial charge in [-0.15, -0.1) is 36.2 Å². The molecule has 0 bridgehead atoms. The summed E-state index contributed by atoms with van der Waals surface area (Å²) in [5, 5.41) is 5.27. The first-order valence-electron chi connectivity index (χ1n) is 5.54. The molecule has 2 rings (SSSR count). The highest BCUT2D eigenvalue weighted by Gasteiger charge is 2.10. The van der Waals surface area contributed by atoms with Gasteiger partial charge in [-0.1, -0.05) is 6.07 Å². The Labute approximate surface area is 133 Å². The molecule has 0 aliphatic rings. The van der Waals surface area contributed by atoms with Crippen LogP contribution in [-0.4, -0.2) is 15.9 Å². The molecule has 0 unspecified atom stereocenters. The molecule has 3 N–H and O–H groups in total. The van der Waals surface area contributed by atoms with Crippen LogP contribution in [0.15, 0.2) is 23.7 Å². The van der Waals surface area contributed by atoms with Crippen molar-refractivity contribution in [1.29, 1.82) is 0 Å². The van der Waals surface area contributed by atoms with E-state index in [1.807, 2.05) is 19.1 Å². The van der Waals surface area contributed by atoms with Gasteiger partial charge in [0.2, 0.25) is 0 Å². The monoisotopic (exact) mass is 334 g/mol. The average molecular weight is 335 g/mol. The normalized spacial score (nSPS) is 9.30. The number of aromatic nitrogens is 2. The van der Waals surface area contributed by atoms with E-state index in [-0.39, 0.29) is 30.7 Å². The molecule has 0 aliphatic heterocycles. The Morgan fingerprint density at radius 3 is 2.80 bits per heavy atom. The molecule has 110 valence electrons. The van der Waals surface area contributed by atoms with E-state index in [1.165, 1.54) is 11.3 Å². The largest absolute Gasteiger partial charge is 0.345 e. The minimum absolute atomic E-state index is 0. The molecule has 2 heterocycles. The maximum absolute atomic E-state index is 11.8. The van der Waals surface area contributed by atoms with Gasteiger partial charge in [0.05, 0.1) is 12.2 Å². The molecule has 0 saturated carbocycles. The molecule has 0 aromatic carbocycles. The summed E-state index contributed by atoms with van der Waals surface area (Å²) in [6, 6.07) is 3.83. The summed E-state index contributed by atoms with van der Waals surface area (Å²) >= 11 is 1.39. The Kier molecular flexibility index (Phi) is 8.33. The standard InChI is InChI=1S/C12H14N4OS.2ClH/c1-8-3-2-4-14-9(8)6-15-12(17)10-7-18-11(5-13)16-10;;/h2-4,7H,5-6,13H2,1H3,(H,15,17);2*1H. The van der Waals surface area contributed by atoms with Gasteiger partial charge in [-0.2, -0.15) is 0 Å². The number of hydrogen-bond donors (Lipinski definition) is 2. The van der Waals surface area contributed by atoms with Crippen LogP contribution in [-0.2, 0) is 13.1 Å². The molecule has 0 atom stereocenters. The molecule has 8 heteroatoms.